The zero-order valence-corrected chi connectivity index (χ0v) is 17.0. The van der Waals surface area contributed by atoms with Crippen molar-refractivity contribution in [1.29, 1.82) is 0 Å². The molecule has 0 fully saturated rings. The van der Waals surface area contributed by atoms with Gasteiger partial charge in [-0.2, -0.15) is 0 Å². The molecular formula is C19H14ClN3O6S. The highest BCUT2D eigenvalue weighted by atomic mass is 35.5. The molecule has 3 rings (SSSR count). The molecule has 1 aromatic heterocycles. The van der Waals surface area contributed by atoms with Crippen molar-refractivity contribution in [2.45, 2.75) is 0 Å². The van der Waals surface area contributed by atoms with Gasteiger partial charge in [0.1, 0.15) is 10.8 Å². The standard InChI is InChI=1S/C19H14ClN3O6S/c1-28-16-8-13(23(26)27)6-7-14(16)21-17(24)9-29-19(25)15-10-30-18(22-15)11-2-4-12(20)5-3-11/h2-8,10H,9H2,1H3,(H,21,24). The van der Waals surface area contributed by atoms with E-state index in [1.54, 1.807) is 24.3 Å². The third-order valence-electron chi connectivity index (χ3n) is 3.81. The molecule has 0 aliphatic heterocycles. The number of benzene rings is 2. The molecule has 1 amide bonds. The van der Waals surface area contributed by atoms with Gasteiger partial charge in [-0.1, -0.05) is 23.7 Å². The van der Waals surface area contributed by atoms with Gasteiger partial charge in [0.05, 0.1) is 23.8 Å². The molecule has 0 saturated carbocycles. The van der Waals surface area contributed by atoms with Crippen molar-refractivity contribution < 1.29 is 24.0 Å². The van der Waals surface area contributed by atoms with Crippen LogP contribution in [0.4, 0.5) is 11.4 Å². The number of ether oxygens (including phenoxy) is 2. The van der Waals surface area contributed by atoms with Gasteiger partial charge in [0.25, 0.3) is 11.6 Å². The number of thiazole rings is 1. The number of hydrogen-bond donors (Lipinski definition) is 1. The number of methoxy groups -OCH3 is 1. The Labute approximate surface area is 179 Å². The zero-order chi connectivity index (χ0) is 21.7. The van der Waals surface area contributed by atoms with Crippen molar-refractivity contribution in [2.24, 2.45) is 0 Å². The quantitative estimate of drug-likeness (QED) is 0.327. The van der Waals surface area contributed by atoms with Gasteiger partial charge in [-0.3, -0.25) is 14.9 Å². The predicted molar refractivity (Wildman–Crippen MR) is 111 cm³/mol. The van der Waals surface area contributed by atoms with Gasteiger partial charge in [0.15, 0.2) is 12.3 Å². The molecule has 0 aliphatic carbocycles. The van der Waals surface area contributed by atoms with E-state index in [0.717, 1.165) is 5.56 Å². The van der Waals surface area contributed by atoms with Crippen LogP contribution in [0.2, 0.25) is 5.02 Å². The smallest absolute Gasteiger partial charge is 0.358 e. The van der Waals surface area contributed by atoms with Crippen molar-refractivity contribution in [3.05, 3.63) is 68.7 Å². The minimum absolute atomic E-state index is 0.0747. The lowest BCUT2D eigenvalue weighted by Crippen LogP contribution is -2.21. The van der Waals surface area contributed by atoms with Crippen LogP contribution in [0.15, 0.2) is 47.8 Å². The van der Waals surface area contributed by atoms with Crippen LogP contribution < -0.4 is 10.1 Å². The number of esters is 1. The van der Waals surface area contributed by atoms with Crippen LogP contribution in [-0.4, -0.2) is 35.5 Å². The fourth-order valence-corrected chi connectivity index (χ4v) is 3.30. The number of amides is 1. The summed E-state index contributed by atoms with van der Waals surface area (Å²) in [6.45, 7) is -0.563. The first-order valence-corrected chi connectivity index (χ1v) is 9.64. The molecule has 0 radical (unpaired) electrons. The van der Waals surface area contributed by atoms with E-state index in [9.17, 15) is 19.7 Å². The summed E-state index contributed by atoms with van der Waals surface area (Å²) in [5.41, 5.74) is 0.899. The lowest BCUT2D eigenvalue weighted by Gasteiger charge is -2.10. The summed E-state index contributed by atoms with van der Waals surface area (Å²) in [4.78, 5) is 38.7. The summed E-state index contributed by atoms with van der Waals surface area (Å²) in [5.74, 6) is -1.28. The van der Waals surface area contributed by atoms with E-state index in [1.165, 1.54) is 42.0 Å². The molecule has 154 valence electrons. The van der Waals surface area contributed by atoms with Crippen LogP contribution in [0.3, 0.4) is 0 Å². The number of nitrogens with zero attached hydrogens (tertiary/aromatic N) is 2. The Balaban J connectivity index is 1.59. The highest BCUT2D eigenvalue weighted by molar-refractivity contribution is 7.13. The van der Waals surface area contributed by atoms with Crippen molar-refractivity contribution in [1.82, 2.24) is 4.98 Å². The lowest BCUT2D eigenvalue weighted by molar-refractivity contribution is -0.384. The Bertz CT molecular complexity index is 1100. The van der Waals surface area contributed by atoms with Gasteiger partial charge in [0, 0.05) is 22.0 Å². The second-order valence-electron chi connectivity index (χ2n) is 5.81. The van der Waals surface area contributed by atoms with Gasteiger partial charge in [-0.05, 0) is 18.2 Å². The third kappa shape index (κ3) is 5.10. The third-order valence-corrected chi connectivity index (χ3v) is 4.95. The number of aromatic nitrogens is 1. The van der Waals surface area contributed by atoms with Gasteiger partial charge in [0.2, 0.25) is 0 Å². The van der Waals surface area contributed by atoms with E-state index in [2.05, 4.69) is 10.3 Å². The Hall–Kier alpha value is -3.50. The molecule has 0 atom stereocenters. The Morgan fingerprint density at radius 1 is 1.23 bits per heavy atom. The minimum Gasteiger partial charge on any atom is -0.494 e. The van der Waals surface area contributed by atoms with Crippen LogP contribution in [0.25, 0.3) is 10.6 Å². The summed E-state index contributed by atoms with van der Waals surface area (Å²) in [6, 6.07) is 10.7. The summed E-state index contributed by atoms with van der Waals surface area (Å²) in [7, 11) is 1.31. The van der Waals surface area contributed by atoms with Gasteiger partial charge in [-0.15, -0.1) is 11.3 Å². The molecular weight excluding hydrogens is 434 g/mol. The molecule has 0 saturated heterocycles. The maximum absolute atomic E-state index is 12.2. The van der Waals surface area contributed by atoms with E-state index < -0.39 is 23.4 Å². The fourth-order valence-electron chi connectivity index (χ4n) is 2.38. The number of carbonyl (C=O) groups is 2. The van der Waals surface area contributed by atoms with E-state index in [1.807, 2.05) is 0 Å². The molecule has 9 nitrogen and oxygen atoms in total. The van der Waals surface area contributed by atoms with Gasteiger partial charge >= 0.3 is 5.97 Å². The van der Waals surface area contributed by atoms with E-state index in [4.69, 9.17) is 21.1 Å². The number of hydrogen-bond acceptors (Lipinski definition) is 8. The van der Waals surface area contributed by atoms with Crippen LogP contribution in [-0.2, 0) is 9.53 Å². The predicted octanol–water partition coefficient (Wildman–Crippen LogP) is 4.18. The number of anilines is 1. The van der Waals surface area contributed by atoms with Gasteiger partial charge in [-0.25, -0.2) is 9.78 Å². The second-order valence-corrected chi connectivity index (χ2v) is 7.11. The summed E-state index contributed by atoms with van der Waals surface area (Å²) >= 11 is 7.11. The molecule has 0 aliphatic rings. The molecule has 2 aromatic carbocycles. The molecule has 0 spiro atoms. The van der Waals surface area contributed by atoms with E-state index in [-0.39, 0.29) is 22.8 Å². The first kappa shape index (κ1) is 21.2. The second kappa shape index (κ2) is 9.33. The maximum atomic E-state index is 12.2. The first-order valence-electron chi connectivity index (χ1n) is 8.38. The largest absolute Gasteiger partial charge is 0.494 e. The molecule has 3 aromatic rings. The number of nitrogens with one attached hydrogen (secondary N) is 1. The first-order chi connectivity index (χ1) is 14.4. The normalized spacial score (nSPS) is 10.3. The van der Waals surface area contributed by atoms with E-state index >= 15 is 0 Å². The molecule has 0 unspecified atom stereocenters. The highest BCUT2D eigenvalue weighted by Crippen LogP contribution is 2.29. The monoisotopic (exact) mass is 447 g/mol. The summed E-state index contributed by atoms with van der Waals surface area (Å²) < 4.78 is 10.0. The number of nitro groups is 1. The molecule has 1 heterocycles. The van der Waals surface area contributed by atoms with Crippen molar-refractivity contribution in [3.63, 3.8) is 0 Å². The van der Waals surface area contributed by atoms with Crippen LogP contribution in [0.1, 0.15) is 10.5 Å². The van der Waals surface area contributed by atoms with Crippen molar-refractivity contribution in [3.8, 4) is 16.3 Å². The van der Waals surface area contributed by atoms with Gasteiger partial charge < -0.3 is 14.8 Å². The topological polar surface area (TPSA) is 121 Å². The number of rotatable bonds is 7. The van der Waals surface area contributed by atoms with Crippen LogP contribution >= 0.6 is 22.9 Å². The molecule has 1 N–H and O–H groups in total. The summed E-state index contributed by atoms with van der Waals surface area (Å²) in [5, 5.41) is 16.0. The average molecular weight is 448 g/mol. The van der Waals surface area contributed by atoms with Crippen LogP contribution in [0, 0.1) is 10.1 Å². The Morgan fingerprint density at radius 2 is 1.97 bits per heavy atom. The number of non-ortho nitro benzene ring substituents is 1. The minimum atomic E-state index is -0.753. The highest BCUT2D eigenvalue weighted by Gasteiger charge is 2.17. The molecule has 11 heteroatoms. The number of nitro benzene ring substituents is 1. The summed E-state index contributed by atoms with van der Waals surface area (Å²) in [6.07, 6.45) is 0. The molecule has 30 heavy (non-hydrogen) atoms. The van der Waals surface area contributed by atoms with Crippen molar-refractivity contribution in [2.75, 3.05) is 19.0 Å². The lowest BCUT2D eigenvalue weighted by atomic mass is 10.2. The van der Waals surface area contributed by atoms with E-state index in [0.29, 0.717) is 10.0 Å². The molecule has 0 bridgehead atoms. The SMILES string of the molecule is COc1cc([N+](=O)[O-])ccc1NC(=O)COC(=O)c1csc(-c2ccc(Cl)cc2)n1. The zero-order valence-electron chi connectivity index (χ0n) is 15.5. The number of halogens is 1. The van der Waals surface area contributed by atoms with Crippen molar-refractivity contribution >= 4 is 46.2 Å². The average Bonchev–Trinajstić information content (AvgIpc) is 3.23. The Kier molecular flexibility index (Phi) is 6.60. The Morgan fingerprint density at radius 3 is 2.63 bits per heavy atom. The fraction of sp³-hybridized carbons (Fsp3) is 0.105. The number of carbonyl (C=O) groups excluding carboxylic acids is 2. The van der Waals surface area contributed by atoms with Crippen LogP contribution in [0.5, 0.6) is 5.75 Å². The maximum Gasteiger partial charge on any atom is 0.358 e.